The van der Waals surface area contributed by atoms with Crippen LogP contribution in [-0.4, -0.2) is 19.1 Å². The Hall–Kier alpha value is -0.830. The van der Waals surface area contributed by atoms with Crippen LogP contribution in [0, 0.1) is 5.92 Å². The van der Waals surface area contributed by atoms with Crippen molar-refractivity contribution in [1.29, 1.82) is 0 Å². The molecule has 1 saturated carbocycles. The normalized spacial score (nSPS) is 22.0. The predicted molar refractivity (Wildman–Crippen MR) is 69.6 cm³/mol. The van der Waals surface area contributed by atoms with Crippen molar-refractivity contribution in [3.63, 3.8) is 0 Å². The number of carbonyl (C=O) groups excluding carboxylic acids is 1. The average Bonchev–Trinajstić information content (AvgIpc) is 2.73. The van der Waals surface area contributed by atoms with E-state index in [0.29, 0.717) is 5.92 Å². The van der Waals surface area contributed by atoms with Crippen LogP contribution >= 0.6 is 0 Å². The number of hydrogen-bond donors (Lipinski definition) is 1. The van der Waals surface area contributed by atoms with Gasteiger partial charge in [0.1, 0.15) is 0 Å². The van der Waals surface area contributed by atoms with Gasteiger partial charge in [-0.05, 0) is 38.0 Å². The van der Waals surface area contributed by atoms with Gasteiger partial charge in [0.25, 0.3) is 0 Å². The molecule has 0 saturated heterocycles. The van der Waals surface area contributed by atoms with Gasteiger partial charge in [-0.15, -0.1) is 0 Å². The number of hydrogen-bond acceptors (Lipinski definition) is 2. The summed E-state index contributed by atoms with van der Waals surface area (Å²) in [5.74, 6) is 0.630. The maximum atomic E-state index is 10.9. The largest absolute Gasteiger partial charge is 0.381 e. The highest BCUT2D eigenvalue weighted by atomic mass is 16.5. The summed E-state index contributed by atoms with van der Waals surface area (Å²) in [4.78, 5) is 10.9. The van der Waals surface area contributed by atoms with Gasteiger partial charge in [-0.1, -0.05) is 18.9 Å². The van der Waals surface area contributed by atoms with E-state index in [1.165, 1.54) is 24.8 Å². The van der Waals surface area contributed by atoms with Crippen molar-refractivity contribution in [1.82, 2.24) is 5.32 Å². The third-order valence-electron chi connectivity index (χ3n) is 3.26. The van der Waals surface area contributed by atoms with E-state index in [1.54, 1.807) is 6.92 Å². The molecule has 0 heterocycles. The fourth-order valence-corrected chi connectivity index (χ4v) is 2.23. The molecule has 17 heavy (non-hydrogen) atoms. The fraction of sp³-hybridized carbons (Fsp3) is 0.786. The standard InChI is InChI=1S/C14H25NO2/c1-3-4-9-17-10-8-13-6-5-7-14(13)11-15-12(2)16/h11,13H,3-10H2,1-2H3,(H,15,16)/b14-11+. The summed E-state index contributed by atoms with van der Waals surface area (Å²) >= 11 is 0. The van der Waals surface area contributed by atoms with Gasteiger partial charge < -0.3 is 10.1 Å². The van der Waals surface area contributed by atoms with E-state index in [2.05, 4.69) is 12.2 Å². The summed E-state index contributed by atoms with van der Waals surface area (Å²) in [7, 11) is 0. The first-order chi connectivity index (χ1) is 8.24. The number of rotatable bonds is 7. The first kappa shape index (κ1) is 14.2. The highest BCUT2D eigenvalue weighted by Crippen LogP contribution is 2.32. The van der Waals surface area contributed by atoms with E-state index < -0.39 is 0 Å². The van der Waals surface area contributed by atoms with E-state index in [4.69, 9.17) is 4.74 Å². The number of allylic oxidation sites excluding steroid dienone is 1. The summed E-state index contributed by atoms with van der Waals surface area (Å²) in [6, 6.07) is 0. The van der Waals surface area contributed by atoms with Crippen LogP contribution in [0.5, 0.6) is 0 Å². The van der Waals surface area contributed by atoms with Crippen LogP contribution in [0.2, 0.25) is 0 Å². The minimum absolute atomic E-state index is 0.0161. The van der Waals surface area contributed by atoms with E-state index in [-0.39, 0.29) is 5.91 Å². The van der Waals surface area contributed by atoms with Gasteiger partial charge >= 0.3 is 0 Å². The molecule has 98 valence electrons. The summed E-state index contributed by atoms with van der Waals surface area (Å²) in [5, 5.41) is 2.79. The Morgan fingerprint density at radius 1 is 1.53 bits per heavy atom. The van der Waals surface area contributed by atoms with Crippen LogP contribution in [-0.2, 0) is 9.53 Å². The number of unbranched alkanes of at least 4 members (excludes halogenated alkanes) is 1. The van der Waals surface area contributed by atoms with Crippen molar-refractivity contribution in [3.8, 4) is 0 Å². The van der Waals surface area contributed by atoms with Crippen LogP contribution in [0.25, 0.3) is 0 Å². The molecule has 0 aromatic rings. The minimum atomic E-state index is 0.0161. The molecule has 3 nitrogen and oxygen atoms in total. The number of carbonyl (C=O) groups is 1. The summed E-state index contributed by atoms with van der Waals surface area (Å²) in [6.45, 7) is 5.46. The Bertz CT molecular complexity index is 261. The lowest BCUT2D eigenvalue weighted by molar-refractivity contribution is -0.118. The van der Waals surface area contributed by atoms with E-state index in [9.17, 15) is 4.79 Å². The lowest BCUT2D eigenvalue weighted by Crippen LogP contribution is -2.14. The summed E-state index contributed by atoms with van der Waals surface area (Å²) in [6.07, 6.45) is 8.95. The molecular weight excluding hydrogens is 214 g/mol. The summed E-state index contributed by atoms with van der Waals surface area (Å²) < 4.78 is 5.60. The van der Waals surface area contributed by atoms with Crippen LogP contribution in [0.4, 0.5) is 0 Å². The van der Waals surface area contributed by atoms with Crippen LogP contribution in [0.3, 0.4) is 0 Å². The Balaban J connectivity index is 2.22. The predicted octanol–water partition coefficient (Wildman–Crippen LogP) is 3.01. The van der Waals surface area contributed by atoms with Crippen LogP contribution in [0.1, 0.15) is 52.4 Å². The lowest BCUT2D eigenvalue weighted by atomic mass is 10.0. The van der Waals surface area contributed by atoms with Crippen molar-refractivity contribution < 1.29 is 9.53 Å². The molecule has 0 aromatic heterocycles. The number of amides is 1. The van der Waals surface area contributed by atoms with E-state index >= 15 is 0 Å². The summed E-state index contributed by atoms with van der Waals surface area (Å²) in [5.41, 5.74) is 1.39. The Kier molecular flexibility index (Phi) is 6.94. The first-order valence-corrected chi connectivity index (χ1v) is 6.77. The smallest absolute Gasteiger partial charge is 0.220 e. The van der Waals surface area contributed by atoms with Crippen molar-refractivity contribution in [2.24, 2.45) is 5.92 Å². The molecule has 0 bridgehead atoms. The monoisotopic (exact) mass is 239 g/mol. The van der Waals surface area contributed by atoms with Gasteiger partial charge in [0.15, 0.2) is 0 Å². The molecule has 0 spiro atoms. The molecule has 1 aliphatic carbocycles. The minimum Gasteiger partial charge on any atom is -0.381 e. The van der Waals surface area contributed by atoms with Gasteiger partial charge in [0.05, 0.1) is 0 Å². The molecular formula is C14H25NO2. The van der Waals surface area contributed by atoms with Gasteiger partial charge in [-0.25, -0.2) is 0 Å². The Morgan fingerprint density at radius 3 is 3.06 bits per heavy atom. The zero-order valence-electron chi connectivity index (χ0n) is 11.1. The van der Waals surface area contributed by atoms with Gasteiger partial charge in [0, 0.05) is 26.3 Å². The van der Waals surface area contributed by atoms with Crippen molar-refractivity contribution in [2.75, 3.05) is 13.2 Å². The SMILES string of the molecule is CCCCOCCC1CCC/C1=C\NC(C)=O. The van der Waals surface area contributed by atoms with Gasteiger partial charge in [-0.2, -0.15) is 0 Å². The Labute approximate surface area is 105 Å². The zero-order valence-corrected chi connectivity index (χ0v) is 11.1. The average molecular weight is 239 g/mol. The molecule has 3 heteroatoms. The molecule has 1 aliphatic rings. The molecule has 1 unspecified atom stereocenters. The van der Waals surface area contributed by atoms with Crippen LogP contribution in [0.15, 0.2) is 11.8 Å². The second-order valence-electron chi connectivity index (χ2n) is 4.76. The highest BCUT2D eigenvalue weighted by Gasteiger charge is 2.20. The van der Waals surface area contributed by atoms with Crippen molar-refractivity contribution >= 4 is 5.91 Å². The molecule has 1 amide bonds. The third kappa shape index (κ3) is 5.87. The molecule has 0 aromatic carbocycles. The van der Waals surface area contributed by atoms with E-state index in [1.807, 2.05) is 6.20 Å². The topological polar surface area (TPSA) is 38.3 Å². The molecule has 1 fully saturated rings. The van der Waals surface area contributed by atoms with Crippen molar-refractivity contribution in [2.45, 2.75) is 52.4 Å². The van der Waals surface area contributed by atoms with Gasteiger partial charge in [0.2, 0.25) is 5.91 Å². The quantitative estimate of drug-likeness (QED) is 0.694. The van der Waals surface area contributed by atoms with Crippen LogP contribution < -0.4 is 5.32 Å². The number of ether oxygens (including phenoxy) is 1. The second kappa shape index (κ2) is 8.29. The third-order valence-corrected chi connectivity index (χ3v) is 3.26. The highest BCUT2D eigenvalue weighted by molar-refractivity contribution is 5.74. The maximum absolute atomic E-state index is 10.9. The molecule has 0 radical (unpaired) electrons. The molecule has 1 atom stereocenters. The molecule has 0 aliphatic heterocycles. The maximum Gasteiger partial charge on any atom is 0.220 e. The molecule has 1 N–H and O–H groups in total. The van der Waals surface area contributed by atoms with Crippen molar-refractivity contribution in [3.05, 3.63) is 11.8 Å². The lowest BCUT2D eigenvalue weighted by Gasteiger charge is -2.12. The number of nitrogens with one attached hydrogen (secondary N) is 1. The van der Waals surface area contributed by atoms with Gasteiger partial charge in [-0.3, -0.25) is 4.79 Å². The fourth-order valence-electron chi connectivity index (χ4n) is 2.23. The first-order valence-electron chi connectivity index (χ1n) is 6.77. The van der Waals surface area contributed by atoms with E-state index in [0.717, 1.165) is 32.5 Å². The molecule has 1 rings (SSSR count). The Morgan fingerprint density at radius 2 is 2.35 bits per heavy atom. The zero-order chi connectivity index (χ0) is 12.5. The second-order valence-corrected chi connectivity index (χ2v) is 4.76.